The largest absolute Gasteiger partial charge is 0.462 e. The Morgan fingerprint density at radius 3 is 2.29 bits per heavy atom. The number of hydrogen-bond acceptors (Lipinski definition) is 1. The summed E-state index contributed by atoms with van der Waals surface area (Å²) in [4.78, 5) is 0. The average Bonchev–Trinajstić information content (AvgIpc) is 2.08. The Morgan fingerprint density at radius 1 is 1.21 bits per heavy atom. The zero-order chi connectivity index (χ0) is 10.6. The molecule has 0 aliphatic rings. The van der Waals surface area contributed by atoms with Gasteiger partial charge in [-0.3, -0.25) is 0 Å². The first kappa shape index (κ1) is 10.7. The van der Waals surface area contributed by atoms with Gasteiger partial charge in [0.05, 0.1) is 0 Å². The molecule has 1 aromatic rings. The van der Waals surface area contributed by atoms with E-state index in [1.807, 2.05) is 20.0 Å². The first-order chi connectivity index (χ1) is 6.53. The topological polar surface area (TPSA) is 20.2 Å². The summed E-state index contributed by atoms with van der Waals surface area (Å²) in [7, 11) is 0. The van der Waals surface area contributed by atoms with Gasteiger partial charge in [-0.2, -0.15) is 0 Å². The van der Waals surface area contributed by atoms with Gasteiger partial charge in [0.1, 0.15) is 6.11 Å². The maximum atomic E-state index is 8.56. The van der Waals surface area contributed by atoms with Crippen LogP contribution in [0.4, 0.5) is 0 Å². The van der Waals surface area contributed by atoms with Gasteiger partial charge in [-0.1, -0.05) is 35.7 Å². The highest BCUT2D eigenvalue weighted by Gasteiger charge is 2.15. The van der Waals surface area contributed by atoms with Crippen LogP contribution in [0.3, 0.4) is 0 Å². The van der Waals surface area contributed by atoms with E-state index < -0.39 is 0 Å². The van der Waals surface area contributed by atoms with Crippen molar-refractivity contribution in [2.45, 2.75) is 27.2 Å². The lowest BCUT2D eigenvalue weighted by molar-refractivity contribution is 0.475. The van der Waals surface area contributed by atoms with E-state index in [2.05, 4.69) is 37.1 Å². The Hall–Kier alpha value is -1.42. The minimum Gasteiger partial charge on any atom is -0.462 e. The van der Waals surface area contributed by atoms with Gasteiger partial charge in [-0.15, -0.1) is 0 Å². The number of aryl methyl sites for hydroxylation is 1. The number of rotatable bonds is 2. The van der Waals surface area contributed by atoms with Gasteiger partial charge in [0.2, 0.25) is 0 Å². The first-order valence-electron chi connectivity index (χ1n) is 4.75. The lowest BCUT2D eigenvalue weighted by Crippen LogP contribution is -2.12. The fourth-order valence-electron chi connectivity index (χ4n) is 1.41. The van der Waals surface area contributed by atoms with E-state index in [9.17, 15) is 0 Å². The maximum Gasteiger partial charge on any atom is 0.108 e. The molecule has 1 rings (SSSR count). The van der Waals surface area contributed by atoms with Gasteiger partial charge in [-0.25, -0.2) is 0 Å². The Bertz CT molecular complexity index is 349. The molecule has 1 N–H and O–H groups in total. The van der Waals surface area contributed by atoms with E-state index in [1.165, 1.54) is 11.1 Å². The van der Waals surface area contributed by atoms with Gasteiger partial charge in [-0.05, 0) is 32.8 Å². The van der Waals surface area contributed by atoms with Crippen molar-refractivity contribution in [1.29, 1.82) is 0 Å². The van der Waals surface area contributed by atoms with Crippen molar-refractivity contribution in [2.24, 2.45) is 5.41 Å². The second-order valence-corrected chi connectivity index (χ2v) is 4.28. The van der Waals surface area contributed by atoms with Crippen molar-refractivity contribution >= 4 is 0 Å². The Balaban J connectivity index is 2.77. The second-order valence-electron chi connectivity index (χ2n) is 4.28. The van der Waals surface area contributed by atoms with Crippen LogP contribution in [-0.4, -0.2) is 5.11 Å². The van der Waals surface area contributed by atoms with Crippen molar-refractivity contribution in [1.82, 2.24) is 0 Å². The Labute approximate surface area is 85.8 Å². The summed E-state index contributed by atoms with van der Waals surface area (Å²) in [5.41, 5.74) is 2.35. The Morgan fingerprint density at radius 2 is 1.79 bits per heavy atom. The summed E-state index contributed by atoms with van der Waals surface area (Å²) >= 11 is 0. The molecule has 1 aromatic carbocycles. The summed E-state index contributed by atoms with van der Waals surface area (Å²) in [5.74, 6) is 2.79. The molecule has 0 unspecified atom stereocenters. The third kappa shape index (κ3) is 3.14. The van der Waals surface area contributed by atoms with Crippen molar-refractivity contribution in [2.75, 3.05) is 0 Å². The molecule has 74 valence electrons. The molecule has 0 aliphatic carbocycles. The molecule has 0 aliphatic heterocycles. The van der Waals surface area contributed by atoms with E-state index >= 15 is 0 Å². The number of benzene rings is 1. The molecule has 0 radical (unpaired) electrons. The van der Waals surface area contributed by atoms with Crippen molar-refractivity contribution in [3.63, 3.8) is 0 Å². The van der Waals surface area contributed by atoms with Crippen LogP contribution in [-0.2, 0) is 6.42 Å². The molecule has 0 atom stereocenters. The SMILES string of the molecule is Cc1ccc(CC(C)(C)C#CO)cc1. The van der Waals surface area contributed by atoms with Gasteiger partial charge < -0.3 is 5.11 Å². The number of aliphatic hydroxyl groups excluding tert-OH is 1. The highest BCUT2D eigenvalue weighted by Crippen LogP contribution is 2.20. The van der Waals surface area contributed by atoms with Gasteiger partial charge in [0.25, 0.3) is 0 Å². The maximum absolute atomic E-state index is 8.56. The lowest BCUT2D eigenvalue weighted by Gasteiger charge is -2.16. The summed E-state index contributed by atoms with van der Waals surface area (Å²) < 4.78 is 0. The summed E-state index contributed by atoms with van der Waals surface area (Å²) in [5, 5.41) is 8.56. The summed E-state index contributed by atoms with van der Waals surface area (Å²) in [6.07, 6.45) is 2.85. The molecule has 0 heterocycles. The van der Waals surface area contributed by atoms with Crippen LogP contribution in [0.15, 0.2) is 24.3 Å². The molecule has 0 spiro atoms. The van der Waals surface area contributed by atoms with Crippen molar-refractivity contribution in [3.05, 3.63) is 35.4 Å². The van der Waals surface area contributed by atoms with E-state index in [0.717, 1.165) is 6.42 Å². The molecule has 0 amide bonds. The molecule has 14 heavy (non-hydrogen) atoms. The smallest absolute Gasteiger partial charge is 0.108 e. The number of aliphatic hydroxyl groups is 1. The van der Waals surface area contributed by atoms with Crippen LogP contribution in [0.1, 0.15) is 25.0 Å². The summed E-state index contributed by atoms with van der Waals surface area (Å²) in [6, 6.07) is 8.40. The van der Waals surface area contributed by atoms with Crippen LogP contribution in [0.2, 0.25) is 0 Å². The quantitative estimate of drug-likeness (QED) is 0.707. The lowest BCUT2D eigenvalue weighted by atomic mass is 9.86. The second kappa shape index (κ2) is 4.19. The van der Waals surface area contributed by atoms with Crippen molar-refractivity contribution < 1.29 is 5.11 Å². The summed E-state index contributed by atoms with van der Waals surface area (Å²) in [6.45, 7) is 6.12. The predicted molar refractivity (Wildman–Crippen MR) is 58.4 cm³/mol. The highest BCUT2D eigenvalue weighted by atomic mass is 16.2. The van der Waals surface area contributed by atoms with E-state index in [0.29, 0.717) is 0 Å². The zero-order valence-electron chi connectivity index (χ0n) is 8.96. The third-order valence-corrected chi connectivity index (χ3v) is 2.16. The van der Waals surface area contributed by atoms with E-state index in [-0.39, 0.29) is 5.41 Å². The molecule has 1 heteroatoms. The van der Waals surface area contributed by atoms with Crippen molar-refractivity contribution in [3.8, 4) is 12.0 Å². The van der Waals surface area contributed by atoms with Gasteiger partial charge >= 0.3 is 0 Å². The van der Waals surface area contributed by atoms with Gasteiger partial charge in [0, 0.05) is 5.41 Å². The highest BCUT2D eigenvalue weighted by molar-refractivity contribution is 5.24. The van der Waals surface area contributed by atoms with E-state index in [4.69, 9.17) is 5.11 Å². The van der Waals surface area contributed by atoms with Crippen LogP contribution < -0.4 is 0 Å². The van der Waals surface area contributed by atoms with Crippen LogP contribution >= 0.6 is 0 Å². The van der Waals surface area contributed by atoms with Crippen LogP contribution in [0, 0.1) is 24.4 Å². The third-order valence-electron chi connectivity index (χ3n) is 2.16. The minimum absolute atomic E-state index is 0.163. The first-order valence-corrected chi connectivity index (χ1v) is 4.75. The normalized spacial score (nSPS) is 10.5. The van der Waals surface area contributed by atoms with Crippen LogP contribution in [0.25, 0.3) is 0 Å². The molecule has 0 saturated heterocycles. The van der Waals surface area contributed by atoms with Crippen LogP contribution in [0.5, 0.6) is 0 Å². The van der Waals surface area contributed by atoms with E-state index in [1.54, 1.807) is 0 Å². The molecule has 0 aromatic heterocycles. The molecule has 0 fully saturated rings. The molecule has 0 saturated carbocycles. The predicted octanol–water partition coefficient (Wildman–Crippen LogP) is 2.90. The standard InChI is InChI=1S/C13H16O/c1-11-4-6-12(7-5-11)10-13(2,3)8-9-14/h4-7,14H,10H2,1-3H3. The molecule has 1 nitrogen and oxygen atoms in total. The Kier molecular flexibility index (Phi) is 3.19. The van der Waals surface area contributed by atoms with Gasteiger partial charge in [0.15, 0.2) is 0 Å². The monoisotopic (exact) mass is 188 g/mol. The zero-order valence-corrected chi connectivity index (χ0v) is 8.96. The number of hydrogen-bond donors (Lipinski definition) is 1. The molecular weight excluding hydrogens is 172 g/mol. The molecule has 0 bridgehead atoms. The fourth-order valence-corrected chi connectivity index (χ4v) is 1.41. The minimum atomic E-state index is -0.163. The molecular formula is C13H16O. The fraction of sp³-hybridized carbons (Fsp3) is 0.385. The average molecular weight is 188 g/mol.